The maximum Gasteiger partial charge on any atom is 0.472 e. The molecule has 0 bridgehead atoms. The van der Waals surface area contributed by atoms with Gasteiger partial charge in [-0.05, 0) is 25.7 Å². The largest absolute Gasteiger partial charge is 0.472 e. The molecule has 108 heavy (non-hydrogen) atoms. The molecule has 0 amide bonds. The molecule has 0 spiro atoms. The van der Waals surface area contributed by atoms with Crippen molar-refractivity contribution in [3.8, 4) is 0 Å². The van der Waals surface area contributed by atoms with Crippen molar-refractivity contribution in [2.75, 3.05) is 39.6 Å². The smallest absolute Gasteiger partial charge is 0.462 e. The van der Waals surface area contributed by atoms with E-state index in [1.54, 1.807) is 0 Å². The molecule has 2 unspecified atom stereocenters. The molecule has 0 aromatic heterocycles. The molecule has 0 rings (SSSR count). The van der Waals surface area contributed by atoms with Crippen molar-refractivity contribution < 1.29 is 80.2 Å². The van der Waals surface area contributed by atoms with Crippen LogP contribution in [0.1, 0.15) is 490 Å². The van der Waals surface area contributed by atoms with Crippen molar-refractivity contribution in [1.29, 1.82) is 0 Å². The number of aliphatic hydroxyl groups excluding tert-OH is 1. The summed E-state index contributed by atoms with van der Waals surface area (Å²) in [5, 5.41) is 10.7. The molecule has 0 aromatic rings. The minimum Gasteiger partial charge on any atom is -0.462 e. The highest BCUT2D eigenvalue weighted by molar-refractivity contribution is 7.47. The van der Waals surface area contributed by atoms with Gasteiger partial charge in [-0.1, -0.05) is 439 Å². The Morgan fingerprint density at radius 3 is 0.546 bits per heavy atom. The molecular weight excluding hydrogens is 1400 g/mol. The molecule has 19 heteroatoms. The Bertz CT molecular complexity index is 2030. The lowest BCUT2D eigenvalue weighted by Crippen LogP contribution is -2.30. The molecule has 0 aliphatic heterocycles. The fourth-order valence-electron chi connectivity index (χ4n) is 14.1. The molecule has 17 nitrogen and oxygen atoms in total. The van der Waals surface area contributed by atoms with Crippen LogP contribution in [0, 0.1) is 0 Å². The Morgan fingerprint density at radius 1 is 0.222 bits per heavy atom. The monoisotopic (exact) mass is 1580 g/mol. The number of hydrogen-bond acceptors (Lipinski definition) is 15. The van der Waals surface area contributed by atoms with Gasteiger partial charge in [-0.25, -0.2) is 9.13 Å². The minimum atomic E-state index is -4.97. The third-order valence-corrected chi connectivity index (χ3v) is 23.0. The van der Waals surface area contributed by atoms with Gasteiger partial charge >= 0.3 is 39.5 Å². The number of hydrogen-bond donors (Lipinski definition) is 3. The molecular formula is C89H174O17P2. The Kier molecular flexibility index (Phi) is 81.5. The van der Waals surface area contributed by atoms with Gasteiger partial charge in [0.1, 0.15) is 19.3 Å². The fourth-order valence-corrected chi connectivity index (χ4v) is 15.6. The maximum absolute atomic E-state index is 13.2. The van der Waals surface area contributed by atoms with Crippen LogP contribution >= 0.6 is 15.6 Å². The first-order chi connectivity index (χ1) is 52.7. The quantitative estimate of drug-likeness (QED) is 0.0222. The Morgan fingerprint density at radius 2 is 0.370 bits per heavy atom. The van der Waals surface area contributed by atoms with Gasteiger partial charge < -0.3 is 33.8 Å². The summed E-state index contributed by atoms with van der Waals surface area (Å²) in [6, 6.07) is 0. The van der Waals surface area contributed by atoms with Gasteiger partial charge in [0.05, 0.1) is 26.4 Å². The molecule has 0 heterocycles. The number of carbonyl (C=O) groups is 4. The molecule has 0 fully saturated rings. The van der Waals surface area contributed by atoms with Crippen LogP contribution in [-0.4, -0.2) is 96.7 Å². The Labute approximate surface area is 664 Å². The third kappa shape index (κ3) is 82.1. The Hall–Kier alpha value is -1.94. The van der Waals surface area contributed by atoms with E-state index in [9.17, 15) is 43.2 Å². The summed E-state index contributed by atoms with van der Waals surface area (Å²) < 4.78 is 68.9. The SMILES string of the molecule is CCCCCCCCCCCCCCCCCCCCCCCC(=O)OC[C@H](COP(=O)(O)OC[C@@H](O)COP(=O)(O)OC[C@@H](COC(=O)CCCCCCCCCC)OC(=O)CCCCCCCCCCCCCCCCCCCC)OC(=O)CCCCCCCCCCCCCCCCCCCCCCC. The molecule has 3 N–H and O–H groups in total. The van der Waals surface area contributed by atoms with Gasteiger partial charge in [-0.3, -0.25) is 37.3 Å². The van der Waals surface area contributed by atoms with E-state index in [1.807, 2.05) is 0 Å². The van der Waals surface area contributed by atoms with Crippen molar-refractivity contribution in [3.05, 3.63) is 0 Å². The van der Waals surface area contributed by atoms with Gasteiger partial charge in [0, 0.05) is 25.7 Å². The summed E-state index contributed by atoms with van der Waals surface area (Å²) in [5.74, 6) is -2.10. The molecule has 0 aliphatic rings. The van der Waals surface area contributed by atoms with E-state index in [1.165, 1.54) is 321 Å². The van der Waals surface area contributed by atoms with Crippen LogP contribution in [0.25, 0.3) is 0 Å². The van der Waals surface area contributed by atoms with Gasteiger partial charge in [0.2, 0.25) is 0 Å². The number of ether oxygens (including phenoxy) is 4. The highest BCUT2D eigenvalue weighted by atomic mass is 31.2. The second-order valence-electron chi connectivity index (χ2n) is 32.0. The molecule has 0 radical (unpaired) electrons. The summed E-state index contributed by atoms with van der Waals surface area (Å²) in [4.78, 5) is 73.2. The van der Waals surface area contributed by atoms with Crippen LogP contribution in [0.4, 0.5) is 0 Å². The molecule has 0 aromatic carbocycles. The molecule has 642 valence electrons. The number of esters is 4. The number of aliphatic hydroxyl groups is 1. The van der Waals surface area contributed by atoms with Crippen LogP contribution < -0.4 is 0 Å². The standard InChI is InChI=1S/C89H174O17P2/c1-5-9-13-17-21-25-28-31-34-37-40-42-44-47-49-52-55-58-62-66-70-74-87(92)100-80-85(106-89(94)76-72-68-64-60-57-54-51-48-45-43-41-38-35-32-29-26-22-18-14-10-6-2)82-104-108(97,98)102-78-83(90)77-101-107(95,96)103-81-84(79-99-86(91)73-69-65-61-24-20-16-12-8-4)105-88(93)75-71-67-63-59-56-53-50-46-39-36-33-30-27-23-19-15-11-7-3/h83-85,90H,5-82H2,1-4H3,(H,95,96)(H,97,98)/t83-,84+,85+/m0/s1. The summed E-state index contributed by atoms with van der Waals surface area (Å²) in [6.45, 7) is 5.04. The van der Waals surface area contributed by atoms with E-state index in [-0.39, 0.29) is 25.7 Å². The van der Waals surface area contributed by atoms with Crippen LogP contribution in [0.15, 0.2) is 0 Å². The summed E-state index contributed by atoms with van der Waals surface area (Å²) >= 11 is 0. The van der Waals surface area contributed by atoms with Gasteiger partial charge in [-0.15, -0.1) is 0 Å². The van der Waals surface area contributed by atoms with Gasteiger partial charge in [0.25, 0.3) is 0 Å². The van der Waals surface area contributed by atoms with Gasteiger partial charge in [-0.2, -0.15) is 0 Å². The van der Waals surface area contributed by atoms with Crippen LogP contribution in [0.2, 0.25) is 0 Å². The lowest BCUT2D eigenvalue weighted by atomic mass is 10.0. The fraction of sp³-hybridized carbons (Fsp3) is 0.955. The first-order valence-electron chi connectivity index (χ1n) is 46.3. The van der Waals surface area contributed by atoms with Crippen LogP contribution in [0.5, 0.6) is 0 Å². The zero-order valence-electron chi connectivity index (χ0n) is 70.8. The second kappa shape index (κ2) is 83.0. The zero-order valence-corrected chi connectivity index (χ0v) is 72.6. The van der Waals surface area contributed by atoms with Crippen molar-refractivity contribution in [3.63, 3.8) is 0 Å². The predicted octanol–water partition coefficient (Wildman–Crippen LogP) is 27.7. The first kappa shape index (κ1) is 106. The average molecular weight is 1580 g/mol. The highest BCUT2D eigenvalue weighted by Gasteiger charge is 2.30. The normalized spacial score (nSPS) is 13.7. The lowest BCUT2D eigenvalue weighted by molar-refractivity contribution is -0.161. The maximum atomic E-state index is 13.2. The zero-order chi connectivity index (χ0) is 78.9. The second-order valence-corrected chi connectivity index (χ2v) is 34.9. The van der Waals surface area contributed by atoms with Crippen LogP contribution in [-0.2, 0) is 65.4 Å². The van der Waals surface area contributed by atoms with E-state index >= 15 is 0 Å². The van der Waals surface area contributed by atoms with E-state index in [0.717, 1.165) is 89.9 Å². The number of phosphoric ester groups is 2. The summed E-state index contributed by atoms with van der Waals surface area (Å²) in [7, 11) is -9.93. The minimum absolute atomic E-state index is 0.109. The number of phosphoric acid groups is 2. The molecule has 0 aliphatic carbocycles. The van der Waals surface area contributed by atoms with E-state index in [0.29, 0.717) is 25.7 Å². The van der Waals surface area contributed by atoms with Crippen molar-refractivity contribution >= 4 is 39.5 Å². The lowest BCUT2D eigenvalue weighted by Gasteiger charge is -2.21. The first-order valence-corrected chi connectivity index (χ1v) is 49.3. The van der Waals surface area contributed by atoms with Crippen molar-refractivity contribution in [1.82, 2.24) is 0 Å². The van der Waals surface area contributed by atoms with Crippen molar-refractivity contribution in [2.45, 2.75) is 508 Å². The Balaban J connectivity index is 5.17. The number of unbranched alkanes of at least 4 members (excludes halogenated alkanes) is 64. The van der Waals surface area contributed by atoms with E-state index < -0.39 is 97.5 Å². The number of rotatable bonds is 90. The van der Waals surface area contributed by atoms with Gasteiger partial charge in [0.15, 0.2) is 12.2 Å². The van der Waals surface area contributed by atoms with Crippen molar-refractivity contribution in [2.24, 2.45) is 0 Å². The summed E-state index contributed by atoms with van der Waals surface area (Å²) in [6.07, 6.45) is 79.5. The van der Waals surface area contributed by atoms with E-state index in [4.69, 9.17) is 37.0 Å². The van der Waals surface area contributed by atoms with Crippen LogP contribution in [0.3, 0.4) is 0 Å². The summed E-state index contributed by atoms with van der Waals surface area (Å²) in [5.41, 5.74) is 0. The molecule has 0 saturated heterocycles. The van der Waals surface area contributed by atoms with E-state index in [2.05, 4.69) is 27.7 Å². The molecule has 5 atom stereocenters. The topological polar surface area (TPSA) is 237 Å². The average Bonchev–Trinajstić information content (AvgIpc) is 0.896. The predicted molar refractivity (Wildman–Crippen MR) is 446 cm³/mol. The molecule has 0 saturated carbocycles. The number of carbonyl (C=O) groups excluding carboxylic acids is 4. The highest BCUT2D eigenvalue weighted by Crippen LogP contribution is 2.45. The third-order valence-electron chi connectivity index (χ3n) is 21.1.